The smallest absolute Gasteiger partial charge is 0.348 e. The van der Waals surface area contributed by atoms with Crippen LogP contribution in [0.3, 0.4) is 0 Å². The van der Waals surface area contributed by atoms with E-state index in [9.17, 15) is 0 Å². The minimum atomic E-state index is 0.345. The van der Waals surface area contributed by atoms with Gasteiger partial charge in [0, 0.05) is 6.54 Å². The van der Waals surface area contributed by atoms with E-state index < -0.39 is 0 Å². The van der Waals surface area contributed by atoms with Gasteiger partial charge in [0.05, 0.1) is 6.54 Å². The van der Waals surface area contributed by atoms with E-state index in [2.05, 4.69) is 56.8 Å². The van der Waals surface area contributed by atoms with E-state index in [4.69, 9.17) is 11.5 Å². The van der Waals surface area contributed by atoms with Crippen LogP contribution < -0.4 is 21.8 Å². The van der Waals surface area contributed by atoms with Crippen LogP contribution in [0.5, 0.6) is 0 Å². The molecule has 0 rings (SSSR count). The van der Waals surface area contributed by atoms with Crippen LogP contribution in [0.15, 0.2) is 4.99 Å². The molecular formula is C16H36N5+. The zero-order valence-corrected chi connectivity index (χ0v) is 14.8. The minimum absolute atomic E-state index is 0.345. The van der Waals surface area contributed by atoms with Gasteiger partial charge in [0.15, 0.2) is 0 Å². The molecule has 5 nitrogen and oxygen atoms in total. The van der Waals surface area contributed by atoms with Gasteiger partial charge < -0.3 is 5.73 Å². The fraction of sp³-hybridized carbons (Fsp3) is 0.875. The second-order valence-corrected chi connectivity index (χ2v) is 8.06. The van der Waals surface area contributed by atoms with Crippen LogP contribution in [0.25, 0.3) is 0 Å². The molecule has 0 amide bonds. The number of hydrogen-bond donors (Lipinski definition) is 4. The molecule has 0 aliphatic heterocycles. The van der Waals surface area contributed by atoms with Crippen molar-refractivity contribution in [1.82, 2.24) is 5.32 Å². The molecule has 5 heteroatoms. The van der Waals surface area contributed by atoms with Crippen LogP contribution in [0.2, 0.25) is 0 Å². The van der Waals surface area contributed by atoms with Gasteiger partial charge in [-0.15, -0.1) is 0 Å². The van der Waals surface area contributed by atoms with Gasteiger partial charge in [0.1, 0.15) is 0 Å². The molecule has 0 aliphatic carbocycles. The highest BCUT2D eigenvalue weighted by molar-refractivity contribution is 5.94. The molecule has 0 aromatic heterocycles. The highest BCUT2D eigenvalue weighted by Crippen LogP contribution is 2.20. The second kappa shape index (κ2) is 8.90. The third kappa shape index (κ3) is 15.0. The van der Waals surface area contributed by atoms with Crippen molar-refractivity contribution >= 4 is 11.9 Å². The van der Waals surface area contributed by atoms with Gasteiger partial charge in [-0.2, -0.15) is 0 Å². The van der Waals surface area contributed by atoms with Crippen molar-refractivity contribution in [3.05, 3.63) is 0 Å². The summed E-state index contributed by atoms with van der Waals surface area (Å²) in [6, 6.07) is 0. The van der Waals surface area contributed by atoms with Gasteiger partial charge in [0.2, 0.25) is 0 Å². The van der Waals surface area contributed by atoms with Crippen molar-refractivity contribution in [3.8, 4) is 0 Å². The lowest BCUT2D eigenvalue weighted by Crippen LogP contribution is -2.79. The summed E-state index contributed by atoms with van der Waals surface area (Å²) >= 11 is 0. The van der Waals surface area contributed by atoms with Crippen LogP contribution in [0.4, 0.5) is 0 Å². The molecule has 0 atom stereocenters. The fourth-order valence-electron chi connectivity index (χ4n) is 1.87. The number of nitrogens with zero attached hydrogens (tertiary/aromatic N) is 1. The lowest BCUT2D eigenvalue weighted by Gasteiger charge is -2.16. The van der Waals surface area contributed by atoms with E-state index in [1.165, 1.54) is 0 Å². The van der Waals surface area contributed by atoms with Gasteiger partial charge in [-0.1, -0.05) is 41.5 Å². The molecule has 0 fully saturated rings. The maximum atomic E-state index is 5.83. The summed E-state index contributed by atoms with van der Waals surface area (Å²) < 4.78 is 0. The highest BCUT2D eigenvalue weighted by Gasteiger charge is 2.10. The van der Waals surface area contributed by atoms with Crippen molar-refractivity contribution in [2.75, 3.05) is 13.1 Å². The molecule has 0 unspecified atom stereocenters. The summed E-state index contributed by atoms with van der Waals surface area (Å²) in [6.45, 7) is 15.0. The molecule has 0 saturated heterocycles. The third-order valence-electron chi connectivity index (χ3n) is 3.05. The van der Waals surface area contributed by atoms with E-state index in [-0.39, 0.29) is 0 Å². The first-order chi connectivity index (χ1) is 9.49. The molecule has 0 aromatic rings. The lowest BCUT2D eigenvalue weighted by molar-refractivity contribution is -0.461. The van der Waals surface area contributed by atoms with E-state index in [1.807, 2.05) is 0 Å². The average molecular weight is 298 g/mol. The van der Waals surface area contributed by atoms with Gasteiger partial charge in [-0.3, -0.25) is 10.7 Å². The zero-order valence-electron chi connectivity index (χ0n) is 14.8. The van der Waals surface area contributed by atoms with Crippen molar-refractivity contribution in [3.63, 3.8) is 0 Å². The molecule has 0 aromatic carbocycles. The summed E-state index contributed by atoms with van der Waals surface area (Å²) in [5, 5.41) is 2.89. The summed E-state index contributed by atoms with van der Waals surface area (Å²) in [7, 11) is 0. The van der Waals surface area contributed by atoms with Gasteiger partial charge in [-0.05, 0) is 36.5 Å². The number of hydrogen-bond acceptors (Lipinski definition) is 1. The van der Waals surface area contributed by atoms with Gasteiger partial charge in [0.25, 0.3) is 5.96 Å². The topological polar surface area (TPSA) is 90.4 Å². The largest absolute Gasteiger partial charge is 0.357 e. The van der Waals surface area contributed by atoms with Crippen molar-refractivity contribution < 1.29 is 4.99 Å². The first-order valence-corrected chi connectivity index (χ1v) is 7.93. The molecule has 0 spiro atoms. The molecule has 0 heterocycles. The summed E-state index contributed by atoms with van der Waals surface area (Å²) in [4.78, 5) is 7.40. The number of guanidine groups is 2. The summed E-state index contributed by atoms with van der Waals surface area (Å²) in [5.41, 5.74) is 12.3. The van der Waals surface area contributed by atoms with Crippen molar-refractivity contribution in [2.45, 2.75) is 67.2 Å². The number of rotatable bonds is 6. The number of aliphatic imine (C=N–C) groups is 1. The normalized spacial score (nSPS) is 14.4. The minimum Gasteiger partial charge on any atom is -0.357 e. The Hall–Kier alpha value is -1.26. The summed E-state index contributed by atoms with van der Waals surface area (Å²) in [5.74, 6) is 0.853. The lowest BCUT2D eigenvalue weighted by atomic mass is 9.91. The predicted octanol–water partition coefficient (Wildman–Crippen LogP) is 0.939. The van der Waals surface area contributed by atoms with Crippen LogP contribution in [-0.4, -0.2) is 25.0 Å². The molecule has 124 valence electrons. The Morgan fingerprint density at radius 1 is 0.952 bits per heavy atom. The van der Waals surface area contributed by atoms with Crippen LogP contribution in [-0.2, 0) is 0 Å². The standard InChI is InChI=1S/C16H35N5/c1-15(2,3)9-7-11-19-13(17)21-14(18)20-12-8-10-16(4,5)6/h7-12H2,1-6H3,(H5,17,18,19,20,21)/p+1. The van der Waals surface area contributed by atoms with Crippen molar-refractivity contribution in [2.24, 2.45) is 27.3 Å². The van der Waals surface area contributed by atoms with Gasteiger partial charge >= 0.3 is 5.96 Å². The van der Waals surface area contributed by atoms with E-state index in [1.54, 1.807) is 0 Å². The first-order valence-electron chi connectivity index (χ1n) is 7.93. The fourth-order valence-corrected chi connectivity index (χ4v) is 1.87. The monoisotopic (exact) mass is 298 g/mol. The average Bonchev–Trinajstić information content (AvgIpc) is 2.28. The SMILES string of the molecule is CC(C)(C)CCCN=C(N)NC(N)=[NH+]CCCC(C)(C)C. The Kier molecular flexibility index (Phi) is 8.37. The quantitative estimate of drug-likeness (QED) is 0.334. The van der Waals surface area contributed by atoms with Crippen LogP contribution in [0, 0.1) is 10.8 Å². The van der Waals surface area contributed by atoms with Crippen molar-refractivity contribution in [1.29, 1.82) is 0 Å². The van der Waals surface area contributed by atoms with E-state index in [0.717, 1.165) is 38.8 Å². The maximum absolute atomic E-state index is 5.83. The first kappa shape index (κ1) is 19.7. The Morgan fingerprint density at radius 2 is 1.48 bits per heavy atom. The molecule has 6 N–H and O–H groups in total. The zero-order chi connectivity index (χ0) is 16.5. The van der Waals surface area contributed by atoms with Gasteiger partial charge in [-0.25, -0.2) is 10.3 Å². The van der Waals surface area contributed by atoms with Crippen LogP contribution in [0.1, 0.15) is 67.2 Å². The molecule has 21 heavy (non-hydrogen) atoms. The van der Waals surface area contributed by atoms with Crippen LogP contribution >= 0.6 is 0 Å². The predicted molar refractivity (Wildman–Crippen MR) is 92.0 cm³/mol. The number of nitrogens with two attached hydrogens (primary N) is 2. The highest BCUT2D eigenvalue weighted by atomic mass is 15.2. The Bertz CT molecular complexity index is 311. The summed E-state index contributed by atoms with van der Waals surface area (Å²) in [6.07, 6.45) is 4.40. The molecule has 0 radical (unpaired) electrons. The maximum Gasteiger partial charge on any atom is 0.348 e. The third-order valence-corrected chi connectivity index (χ3v) is 3.05. The van der Waals surface area contributed by atoms with E-state index in [0.29, 0.717) is 22.7 Å². The molecule has 0 aliphatic rings. The Labute approximate surface area is 130 Å². The molecule has 0 bridgehead atoms. The Balaban J connectivity index is 3.94. The second-order valence-electron chi connectivity index (χ2n) is 8.06. The molecule has 0 saturated carbocycles. The Morgan fingerprint density at radius 3 is 2.00 bits per heavy atom. The molecular weight excluding hydrogens is 262 g/mol. The number of nitrogens with one attached hydrogen (secondary N) is 2. The van der Waals surface area contributed by atoms with E-state index >= 15 is 0 Å².